The monoisotopic (exact) mass is 384 g/mol. The lowest BCUT2D eigenvalue weighted by Gasteiger charge is -2.10. The van der Waals surface area contributed by atoms with Crippen LogP contribution in [-0.4, -0.2) is 21.6 Å². The van der Waals surface area contributed by atoms with Gasteiger partial charge in [-0.15, -0.1) is 0 Å². The van der Waals surface area contributed by atoms with Crippen LogP contribution in [-0.2, 0) is 9.59 Å². The maximum absolute atomic E-state index is 13.1. The van der Waals surface area contributed by atoms with Gasteiger partial charge in [0.15, 0.2) is 0 Å². The smallest absolute Gasteiger partial charge is 0.251 e. The van der Waals surface area contributed by atoms with Crippen LogP contribution in [0.5, 0.6) is 0 Å². The van der Waals surface area contributed by atoms with Gasteiger partial charge >= 0.3 is 0 Å². The first-order valence-corrected chi connectivity index (χ1v) is 8.59. The summed E-state index contributed by atoms with van der Waals surface area (Å²) in [6, 6.07) is 12.0. The lowest BCUT2D eigenvalue weighted by Crippen LogP contribution is -2.23. The zero-order chi connectivity index (χ0) is 19.0. The number of halogens is 2. The molecule has 0 saturated heterocycles. The van der Waals surface area contributed by atoms with Crippen LogP contribution in [0, 0.1) is 5.82 Å². The number of benzene rings is 2. The molecule has 1 aliphatic rings. The first-order valence-electron chi connectivity index (χ1n) is 8.21. The Labute approximate surface area is 158 Å². The van der Waals surface area contributed by atoms with Crippen LogP contribution in [0.2, 0.25) is 5.02 Å². The van der Waals surface area contributed by atoms with Crippen molar-refractivity contribution >= 4 is 34.9 Å². The highest BCUT2D eigenvalue weighted by Crippen LogP contribution is 2.35. The number of hydrogen-bond acceptors (Lipinski definition) is 3. The number of nitrogens with one attached hydrogen (secondary N) is 2. The number of carbonyl (C=O) groups excluding carboxylic acids is 2. The molecule has 8 heteroatoms. The minimum absolute atomic E-state index is 0.0887. The third-order valence-corrected chi connectivity index (χ3v) is 4.65. The molecule has 0 spiro atoms. The van der Waals surface area contributed by atoms with E-state index >= 15 is 0 Å². The number of hydrogen-bond donors (Lipinski definition) is 2. The van der Waals surface area contributed by atoms with E-state index in [2.05, 4.69) is 15.7 Å². The molecule has 1 unspecified atom stereocenters. The van der Waals surface area contributed by atoms with Gasteiger partial charge in [-0.3, -0.25) is 9.59 Å². The molecule has 4 rings (SSSR count). The summed E-state index contributed by atoms with van der Waals surface area (Å²) in [6.45, 7) is 0. The number of carbonyl (C=O) groups is 2. The molecule has 2 N–H and O–H groups in total. The van der Waals surface area contributed by atoms with Crippen LogP contribution in [0.15, 0.2) is 54.7 Å². The zero-order valence-electron chi connectivity index (χ0n) is 13.9. The molecule has 1 atom stereocenters. The minimum atomic E-state index is -0.767. The fourth-order valence-corrected chi connectivity index (χ4v) is 3.18. The van der Waals surface area contributed by atoms with E-state index in [1.54, 1.807) is 42.6 Å². The average Bonchev–Trinajstić information content (AvgIpc) is 3.18. The molecule has 6 nitrogen and oxygen atoms in total. The number of amides is 2. The Hall–Kier alpha value is -3.19. The molecule has 0 saturated carbocycles. The number of para-hydroxylation sites is 1. The largest absolute Gasteiger partial charge is 0.325 e. The van der Waals surface area contributed by atoms with Crippen molar-refractivity contribution < 1.29 is 14.0 Å². The van der Waals surface area contributed by atoms with E-state index in [0.29, 0.717) is 22.1 Å². The fourth-order valence-electron chi connectivity index (χ4n) is 2.99. The summed E-state index contributed by atoms with van der Waals surface area (Å²) in [6.07, 6.45) is 1.50. The van der Waals surface area contributed by atoms with E-state index in [4.69, 9.17) is 11.6 Å². The molecular weight excluding hydrogens is 371 g/mol. The number of nitrogens with zero attached hydrogens (tertiary/aromatic N) is 2. The normalized spacial score (nSPS) is 15.3. The number of rotatable bonds is 4. The van der Waals surface area contributed by atoms with E-state index in [9.17, 15) is 14.0 Å². The van der Waals surface area contributed by atoms with Gasteiger partial charge in [0.05, 0.1) is 23.3 Å². The van der Waals surface area contributed by atoms with E-state index in [-0.39, 0.29) is 24.1 Å². The molecule has 2 heterocycles. The predicted octanol–water partition coefficient (Wildman–Crippen LogP) is 3.86. The van der Waals surface area contributed by atoms with E-state index in [1.807, 2.05) is 0 Å². The maximum atomic E-state index is 13.1. The van der Waals surface area contributed by atoms with Gasteiger partial charge in [-0.05, 0) is 29.8 Å². The summed E-state index contributed by atoms with van der Waals surface area (Å²) in [7, 11) is 0. The first kappa shape index (κ1) is 17.2. The summed E-state index contributed by atoms with van der Waals surface area (Å²) in [4.78, 5) is 24.7. The maximum Gasteiger partial charge on any atom is 0.251 e. The van der Waals surface area contributed by atoms with Crippen LogP contribution in [0.1, 0.15) is 12.5 Å². The molecule has 0 radical (unpaired) electrons. The lowest BCUT2D eigenvalue weighted by atomic mass is 10.1. The number of aromatic nitrogens is 2. The van der Waals surface area contributed by atoms with Gasteiger partial charge in [0.2, 0.25) is 5.91 Å². The highest BCUT2D eigenvalue weighted by molar-refractivity contribution is 6.33. The molecule has 0 bridgehead atoms. The summed E-state index contributed by atoms with van der Waals surface area (Å²) < 4.78 is 14.6. The molecule has 2 aromatic carbocycles. The van der Waals surface area contributed by atoms with Crippen LogP contribution in [0.3, 0.4) is 0 Å². The van der Waals surface area contributed by atoms with Gasteiger partial charge < -0.3 is 10.6 Å². The second-order valence-corrected chi connectivity index (χ2v) is 6.50. The summed E-state index contributed by atoms with van der Waals surface area (Å²) in [5, 5.41) is 10.1. The van der Waals surface area contributed by atoms with Gasteiger partial charge in [-0.25, -0.2) is 9.07 Å². The molecule has 0 fully saturated rings. The van der Waals surface area contributed by atoms with Crippen molar-refractivity contribution in [3.8, 4) is 11.1 Å². The minimum Gasteiger partial charge on any atom is -0.325 e. The Bertz CT molecular complexity index is 1030. The van der Waals surface area contributed by atoms with Crippen molar-refractivity contribution in [1.82, 2.24) is 9.78 Å². The van der Waals surface area contributed by atoms with Crippen LogP contribution in [0.4, 0.5) is 15.9 Å². The topological polar surface area (TPSA) is 76.0 Å². The molecule has 1 aromatic heterocycles. The van der Waals surface area contributed by atoms with Gasteiger partial charge in [-0.1, -0.05) is 35.9 Å². The Kier molecular flexibility index (Phi) is 4.37. The Morgan fingerprint density at radius 1 is 1.22 bits per heavy atom. The van der Waals surface area contributed by atoms with Crippen molar-refractivity contribution in [3.05, 3.63) is 65.6 Å². The molecular formula is C19H14ClFN4O2. The van der Waals surface area contributed by atoms with Crippen molar-refractivity contribution in [3.63, 3.8) is 0 Å². The van der Waals surface area contributed by atoms with Crippen molar-refractivity contribution in [1.29, 1.82) is 0 Å². The van der Waals surface area contributed by atoms with Gasteiger partial charge in [0.25, 0.3) is 5.91 Å². The highest BCUT2D eigenvalue weighted by atomic mass is 35.5. The van der Waals surface area contributed by atoms with E-state index < -0.39 is 6.04 Å². The third kappa shape index (κ3) is 3.29. The second-order valence-electron chi connectivity index (χ2n) is 6.10. The van der Waals surface area contributed by atoms with E-state index in [1.165, 1.54) is 16.8 Å². The van der Waals surface area contributed by atoms with Crippen molar-refractivity contribution in [2.45, 2.75) is 12.5 Å². The molecule has 1 aliphatic heterocycles. The predicted molar refractivity (Wildman–Crippen MR) is 100.0 cm³/mol. The Balaban J connectivity index is 1.55. The Morgan fingerprint density at radius 2 is 1.96 bits per heavy atom. The fraction of sp³-hybridized carbons (Fsp3) is 0.105. The molecule has 3 aromatic rings. The zero-order valence-corrected chi connectivity index (χ0v) is 14.7. The molecule has 136 valence electrons. The SMILES string of the molecule is O=C(CC1C(=O)Nc2c(-c3ccc(F)cc3)cnn21)Nc1ccccc1Cl. The standard InChI is InChI=1S/C19H14ClFN4O2/c20-14-3-1-2-4-15(14)23-17(26)9-16-19(27)24-18-13(10-22-25(16)18)11-5-7-12(21)8-6-11/h1-8,10,16H,9H2,(H,23,26)(H,24,27). The third-order valence-electron chi connectivity index (χ3n) is 4.32. The van der Waals surface area contributed by atoms with Crippen LogP contribution >= 0.6 is 11.6 Å². The Morgan fingerprint density at radius 3 is 2.70 bits per heavy atom. The summed E-state index contributed by atoms with van der Waals surface area (Å²) in [5.74, 6) is -0.534. The number of fused-ring (bicyclic) bond motifs is 1. The van der Waals surface area contributed by atoms with Gasteiger partial charge in [-0.2, -0.15) is 5.10 Å². The van der Waals surface area contributed by atoms with Crippen molar-refractivity contribution in [2.75, 3.05) is 10.6 Å². The average molecular weight is 385 g/mol. The van der Waals surface area contributed by atoms with Crippen LogP contribution in [0.25, 0.3) is 11.1 Å². The molecule has 27 heavy (non-hydrogen) atoms. The summed E-state index contributed by atoms with van der Waals surface area (Å²) >= 11 is 6.04. The number of anilines is 2. The molecule has 0 aliphatic carbocycles. The van der Waals surface area contributed by atoms with Crippen LogP contribution < -0.4 is 10.6 Å². The summed E-state index contributed by atoms with van der Waals surface area (Å²) in [5.41, 5.74) is 1.87. The quantitative estimate of drug-likeness (QED) is 0.717. The molecule has 2 amide bonds. The van der Waals surface area contributed by atoms with Gasteiger partial charge in [0, 0.05) is 5.56 Å². The van der Waals surface area contributed by atoms with Gasteiger partial charge in [0.1, 0.15) is 17.7 Å². The van der Waals surface area contributed by atoms with E-state index in [0.717, 1.165) is 5.56 Å². The second kappa shape index (κ2) is 6.85. The van der Waals surface area contributed by atoms with Crippen molar-refractivity contribution in [2.24, 2.45) is 0 Å². The highest BCUT2D eigenvalue weighted by Gasteiger charge is 2.35. The first-order chi connectivity index (χ1) is 13.0. The lowest BCUT2D eigenvalue weighted by molar-refractivity contribution is -0.123.